The van der Waals surface area contributed by atoms with Gasteiger partial charge in [-0.2, -0.15) is 13.9 Å². The molecular weight excluding hydrogens is 630 g/mol. The second-order valence-electron chi connectivity index (χ2n) is 11.9. The minimum absolute atomic E-state index is 0.0655. The third-order valence-electron chi connectivity index (χ3n) is 8.78. The van der Waals surface area contributed by atoms with Crippen LogP contribution in [0.15, 0.2) is 42.6 Å². The molecule has 16 heteroatoms. The predicted molar refractivity (Wildman–Crippen MR) is 154 cm³/mol. The Labute approximate surface area is 263 Å². The van der Waals surface area contributed by atoms with Gasteiger partial charge in [-0.05, 0) is 62.1 Å². The number of halogens is 4. The van der Waals surface area contributed by atoms with Crippen molar-refractivity contribution in [2.75, 3.05) is 20.3 Å². The molecule has 1 unspecified atom stereocenters. The van der Waals surface area contributed by atoms with Crippen LogP contribution in [0.1, 0.15) is 47.9 Å². The van der Waals surface area contributed by atoms with E-state index in [9.17, 15) is 32.3 Å². The summed E-state index contributed by atoms with van der Waals surface area (Å²) in [6.45, 7) is -1.79. The summed E-state index contributed by atoms with van der Waals surface area (Å²) in [7, 11) is 1.32. The normalized spacial score (nSPS) is 20.5. The Hall–Kier alpha value is -5.12. The van der Waals surface area contributed by atoms with Crippen LogP contribution in [0.2, 0.25) is 0 Å². The van der Waals surface area contributed by atoms with E-state index in [0.717, 1.165) is 6.20 Å². The maximum Gasteiger partial charge on any atom is 0.586 e. The maximum atomic E-state index is 13.8. The molecule has 2 atom stereocenters. The van der Waals surface area contributed by atoms with Crippen LogP contribution in [0.5, 0.6) is 23.0 Å². The average Bonchev–Trinajstić information content (AvgIpc) is 3.59. The molecule has 0 saturated heterocycles. The number of fused-ring (bicyclic) bond motifs is 3. The lowest BCUT2D eigenvalue weighted by Crippen LogP contribution is -2.44. The molecule has 47 heavy (non-hydrogen) atoms. The molecule has 1 fully saturated rings. The summed E-state index contributed by atoms with van der Waals surface area (Å²) in [5, 5.41) is 19.0. The summed E-state index contributed by atoms with van der Waals surface area (Å²) >= 11 is 0. The number of aromatic nitrogens is 3. The molecule has 246 valence electrons. The van der Waals surface area contributed by atoms with Crippen LogP contribution in [0.3, 0.4) is 0 Å². The van der Waals surface area contributed by atoms with E-state index in [4.69, 9.17) is 20.2 Å². The quantitative estimate of drug-likeness (QED) is 0.226. The molecule has 1 saturated carbocycles. The van der Waals surface area contributed by atoms with E-state index < -0.39 is 35.7 Å². The van der Waals surface area contributed by atoms with Crippen molar-refractivity contribution in [2.24, 2.45) is 11.7 Å². The molecule has 12 nitrogen and oxygen atoms in total. The first-order valence-electron chi connectivity index (χ1n) is 14.5. The van der Waals surface area contributed by atoms with Gasteiger partial charge >= 0.3 is 12.8 Å². The Bertz CT molecular complexity index is 1970. The molecular formula is C31H27F4N5O7. The van der Waals surface area contributed by atoms with Crippen molar-refractivity contribution in [1.82, 2.24) is 20.1 Å². The Kier molecular flexibility index (Phi) is 6.79. The number of alkyl halides is 4. The summed E-state index contributed by atoms with van der Waals surface area (Å²) in [6, 6.07) is 8.25. The number of aliphatic hydroxyl groups is 1. The third kappa shape index (κ3) is 5.03. The number of methoxy groups -OCH3 is 1. The van der Waals surface area contributed by atoms with Crippen molar-refractivity contribution in [3.8, 4) is 34.3 Å². The maximum absolute atomic E-state index is 13.8. The molecule has 4 N–H and O–H groups in total. The van der Waals surface area contributed by atoms with Gasteiger partial charge in [-0.1, -0.05) is 0 Å². The van der Waals surface area contributed by atoms with Gasteiger partial charge in [0.25, 0.3) is 5.91 Å². The summed E-state index contributed by atoms with van der Waals surface area (Å²) in [4.78, 5) is 30.8. The van der Waals surface area contributed by atoms with Gasteiger partial charge in [0.2, 0.25) is 5.91 Å². The van der Waals surface area contributed by atoms with E-state index in [0.29, 0.717) is 23.1 Å². The van der Waals surface area contributed by atoms with Gasteiger partial charge in [-0.15, -0.1) is 8.78 Å². The van der Waals surface area contributed by atoms with Crippen molar-refractivity contribution in [2.45, 2.75) is 43.6 Å². The van der Waals surface area contributed by atoms with Gasteiger partial charge in [0.05, 0.1) is 19.3 Å². The van der Waals surface area contributed by atoms with Gasteiger partial charge < -0.3 is 35.1 Å². The number of nitrogens with one attached hydrogen (secondary N) is 1. The topological polar surface area (TPSA) is 160 Å². The standard InChI is InChI=1S/C31H27F4N5O7/c1-29(27(36)42)13-45-25-18(29)10-22(38-24(25)14-3-6-19-20(8-14)47-31(34,35)46-19)30(43,17-4-5-17)12-37-26(41)15-7-16-11-40(28(32)33)39-23(16)21(9-15)44-2/h3,6-11,17,28,43H,4-5,12-13H2,1-2H3,(H2,36,42)(H,37,41)/t29-,30?/m0/s1. The molecule has 1 aliphatic carbocycles. The van der Waals surface area contributed by atoms with Crippen molar-refractivity contribution in [3.05, 3.63) is 59.4 Å². The van der Waals surface area contributed by atoms with Gasteiger partial charge in [0.15, 0.2) is 11.5 Å². The highest BCUT2D eigenvalue weighted by molar-refractivity contribution is 6.00. The van der Waals surface area contributed by atoms with Crippen molar-refractivity contribution >= 4 is 22.7 Å². The lowest BCUT2D eigenvalue weighted by atomic mass is 9.81. The number of benzene rings is 2. The predicted octanol–water partition coefficient (Wildman–Crippen LogP) is 3.99. The molecule has 2 amide bonds. The van der Waals surface area contributed by atoms with Crippen molar-refractivity contribution in [3.63, 3.8) is 0 Å². The molecule has 0 spiro atoms. The van der Waals surface area contributed by atoms with Crippen LogP contribution in [0, 0.1) is 5.92 Å². The van der Waals surface area contributed by atoms with Crippen molar-refractivity contribution < 1.29 is 51.2 Å². The summed E-state index contributed by atoms with van der Waals surface area (Å²) in [5.74, 6) is -1.86. The van der Waals surface area contributed by atoms with Crippen LogP contribution in [0.25, 0.3) is 22.2 Å². The highest BCUT2D eigenvalue weighted by Gasteiger charge is 2.50. The Morgan fingerprint density at radius 1 is 1.19 bits per heavy atom. The average molecular weight is 658 g/mol. The van der Waals surface area contributed by atoms with Crippen LogP contribution in [-0.4, -0.2) is 58.2 Å². The largest absolute Gasteiger partial charge is 0.586 e. The molecule has 2 aromatic heterocycles. The van der Waals surface area contributed by atoms with E-state index in [1.165, 1.54) is 43.5 Å². The molecule has 0 bridgehead atoms. The number of amides is 2. The van der Waals surface area contributed by atoms with E-state index in [2.05, 4.69) is 19.9 Å². The number of rotatable bonds is 9. The zero-order valence-corrected chi connectivity index (χ0v) is 24.9. The Morgan fingerprint density at radius 3 is 2.62 bits per heavy atom. The van der Waals surface area contributed by atoms with Gasteiger partial charge in [0, 0.05) is 28.3 Å². The summed E-state index contributed by atoms with van der Waals surface area (Å²) in [5.41, 5.74) is 3.69. The lowest BCUT2D eigenvalue weighted by Gasteiger charge is -2.30. The van der Waals surface area contributed by atoms with E-state index in [-0.39, 0.29) is 75.5 Å². The molecule has 4 aromatic rings. The third-order valence-corrected chi connectivity index (χ3v) is 8.78. The van der Waals surface area contributed by atoms with Crippen molar-refractivity contribution in [1.29, 1.82) is 0 Å². The molecule has 0 radical (unpaired) electrons. The summed E-state index contributed by atoms with van der Waals surface area (Å²) in [6.07, 6.45) is -1.59. The van der Waals surface area contributed by atoms with Crippen LogP contribution < -0.4 is 30.0 Å². The lowest BCUT2D eigenvalue weighted by molar-refractivity contribution is -0.286. The molecule has 2 aliphatic heterocycles. The second-order valence-corrected chi connectivity index (χ2v) is 11.9. The van der Waals surface area contributed by atoms with E-state index in [1.54, 1.807) is 6.92 Å². The van der Waals surface area contributed by atoms with Crippen LogP contribution in [0.4, 0.5) is 17.6 Å². The van der Waals surface area contributed by atoms with Crippen LogP contribution >= 0.6 is 0 Å². The van der Waals surface area contributed by atoms with Crippen LogP contribution in [-0.2, 0) is 15.8 Å². The molecule has 4 heterocycles. The minimum atomic E-state index is -3.86. The zero-order chi connectivity index (χ0) is 33.5. The number of nitrogens with two attached hydrogens (primary N) is 1. The first kappa shape index (κ1) is 30.5. The smallest absolute Gasteiger partial charge is 0.494 e. The Balaban J connectivity index is 1.27. The zero-order valence-electron chi connectivity index (χ0n) is 24.9. The number of carbonyl (C=O) groups excluding carboxylic acids is 2. The minimum Gasteiger partial charge on any atom is -0.494 e. The monoisotopic (exact) mass is 657 g/mol. The Morgan fingerprint density at radius 2 is 1.94 bits per heavy atom. The number of hydrogen-bond donors (Lipinski definition) is 3. The first-order chi connectivity index (χ1) is 22.2. The molecule has 2 aromatic carbocycles. The fourth-order valence-electron chi connectivity index (χ4n) is 5.93. The fraction of sp³-hybridized carbons (Fsp3) is 0.355. The van der Waals surface area contributed by atoms with Gasteiger partial charge in [-0.25, -0.2) is 9.67 Å². The second kappa shape index (κ2) is 10.4. The van der Waals surface area contributed by atoms with E-state index in [1.807, 2.05) is 0 Å². The number of hydrogen-bond acceptors (Lipinski definition) is 9. The first-order valence-corrected chi connectivity index (χ1v) is 14.5. The summed E-state index contributed by atoms with van der Waals surface area (Å²) < 4.78 is 74.8. The van der Waals surface area contributed by atoms with Gasteiger partial charge in [-0.3, -0.25) is 9.59 Å². The number of pyridine rings is 1. The number of carbonyl (C=O) groups is 2. The number of nitrogens with zero attached hydrogens (tertiary/aromatic N) is 3. The molecule has 3 aliphatic rings. The number of ether oxygens (including phenoxy) is 4. The van der Waals surface area contributed by atoms with E-state index >= 15 is 0 Å². The van der Waals surface area contributed by atoms with Gasteiger partial charge in [0.1, 0.15) is 40.3 Å². The number of primary amides is 1. The highest BCUT2D eigenvalue weighted by atomic mass is 19.3. The highest BCUT2D eigenvalue weighted by Crippen LogP contribution is 2.51. The SMILES string of the molecule is COc1cc(C(=O)NCC(O)(c2cc3c(c(-c4ccc5c(c4)OC(F)(F)O5)n2)OC[C@]3(C)C(N)=O)C2CC2)cc2cn(C(F)F)nc12. The fourth-order valence-corrected chi connectivity index (χ4v) is 5.93. The molecule has 7 rings (SSSR count).